The molecular weight excluding hydrogens is 307 g/mol. The quantitative estimate of drug-likeness (QED) is 0.663. The van der Waals surface area contributed by atoms with E-state index in [4.69, 9.17) is 27.9 Å². The van der Waals surface area contributed by atoms with Crippen LogP contribution in [0.5, 0.6) is 5.75 Å². The molecule has 2 aromatic carbocycles. The molecule has 5 heteroatoms. The minimum absolute atomic E-state index is 0.505. The molecule has 0 aliphatic rings. The van der Waals surface area contributed by atoms with Crippen LogP contribution in [0.25, 0.3) is 16.7 Å². The van der Waals surface area contributed by atoms with Crippen LogP contribution in [0.2, 0.25) is 5.02 Å². The number of nitrogens with zero attached hydrogens (tertiary/aromatic N) is 2. The summed E-state index contributed by atoms with van der Waals surface area (Å²) < 4.78 is 7.31. The van der Waals surface area contributed by atoms with Gasteiger partial charge in [0.2, 0.25) is 0 Å². The third kappa shape index (κ3) is 2.59. The molecule has 1 heterocycles. The van der Waals surface area contributed by atoms with Gasteiger partial charge in [-0.2, -0.15) is 0 Å². The fraction of sp³-hybridized carbons (Fsp3) is 0.188. The standard InChI is InChI=1S/C16H14Cl2N2O/c1-21-11-6-7-15-13(10-11)19-16(8-9-17)20(15)14-5-3-2-4-12(14)18/h2-7,10H,8-9H2,1H3. The van der Waals surface area contributed by atoms with Gasteiger partial charge in [0.1, 0.15) is 11.6 Å². The molecule has 3 rings (SSSR count). The van der Waals surface area contributed by atoms with Gasteiger partial charge in [0.25, 0.3) is 0 Å². The highest BCUT2D eigenvalue weighted by Crippen LogP contribution is 2.29. The molecule has 0 saturated heterocycles. The number of aryl methyl sites for hydroxylation is 1. The van der Waals surface area contributed by atoms with Gasteiger partial charge in [0, 0.05) is 18.4 Å². The van der Waals surface area contributed by atoms with Crippen molar-refractivity contribution in [1.82, 2.24) is 9.55 Å². The molecular formula is C16H14Cl2N2O. The summed E-state index contributed by atoms with van der Waals surface area (Å²) in [6, 6.07) is 13.5. The topological polar surface area (TPSA) is 27.1 Å². The molecule has 0 atom stereocenters. The van der Waals surface area contributed by atoms with Gasteiger partial charge in [0.05, 0.1) is 28.9 Å². The number of para-hydroxylation sites is 1. The summed E-state index contributed by atoms with van der Waals surface area (Å²) in [7, 11) is 1.64. The predicted octanol–water partition coefficient (Wildman–Crippen LogP) is 4.47. The van der Waals surface area contributed by atoms with Gasteiger partial charge in [-0.3, -0.25) is 4.57 Å². The van der Waals surface area contributed by atoms with Crippen LogP contribution in [-0.4, -0.2) is 22.5 Å². The van der Waals surface area contributed by atoms with E-state index in [0.717, 1.165) is 28.3 Å². The monoisotopic (exact) mass is 320 g/mol. The molecule has 108 valence electrons. The molecule has 21 heavy (non-hydrogen) atoms. The Hall–Kier alpha value is -1.71. The summed E-state index contributed by atoms with van der Waals surface area (Å²) >= 11 is 12.3. The van der Waals surface area contributed by atoms with Crippen LogP contribution < -0.4 is 4.74 Å². The molecule has 3 nitrogen and oxygen atoms in total. The molecule has 0 aliphatic carbocycles. The molecule has 0 fully saturated rings. The van der Waals surface area contributed by atoms with Gasteiger partial charge in [0.15, 0.2) is 0 Å². The zero-order valence-corrected chi connectivity index (χ0v) is 13.0. The molecule has 0 aliphatic heterocycles. The Balaban J connectivity index is 2.28. The first-order valence-electron chi connectivity index (χ1n) is 6.61. The van der Waals surface area contributed by atoms with E-state index in [-0.39, 0.29) is 0 Å². The van der Waals surface area contributed by atoms with E-state index >= 15 is 0 Å². The average Bonchev–Trinajstić information content (AvgIpc) is 2.85. The lowest BCUT2D eigenvalue weighted by Crippen LogP contribution is -2.02. The SMILES string of the molecule is COc1ccc2c(c1)nc(CCCl)n2-c1ccccc1Cl. The summed E-state index contributed by atoms with van der Waals surface area (Å²) in [5.74, 6) is 2.18. The molecule has 0 spiro atoms. The lowest BCUT2D eigenvalue weighted by molar-refractivity contribution is 0.415. The molecule has 1 aromatic heterocycles. The van der Waals surface area contributed by atoms with E-state index in [1.807, 2.05) is 42.5 Å². The van der Waals surface area contributed by atoms with Crippen LogP contribution in [0, 0.1) is 0 Å². The molecule has 0 bridgehead atoms. The first-order valence-corrected chi connectivity index (χ1v) is 7.52. The van der Waals surface area contributed by atoms with E-state index in [1.165, 1.54) is 0 Å². The molecule has 0 N–H and O–H groups in total. The van der Waals surface area contributed by atoms with Crippen molar-refractivity contribution in [2.24, 2.45) is 0 Å². The Morgan fingerprint density at radius 1 is 1.19 bits per heavy atom. The van der Waals surface area contributed by atoms with Crippen molar-refractivity contribution in [3.63, 3.8) is 0 Å². The minimum atomic E-state index is 0.505. The third-order valence-electron chi connectivity index (χ3n) is 3.34. The smallest absolute Gasteiger partial charge is 0.121 e. The first-order chi connectivity index (χ1) is 10.2. The summed E-state index contributed by atoms with van der Waals surface area (Å²) in [4.78, 5) is 4.67. The van der Waals surface area contributed by atoms with E-state index in [0.29, 0.717) is 17.3 Å². The average molecular weight is 321 g/mol. The van der Waals surface area contributed by atoms with Crippen molar-refractivity contribution < 1.29 is 4.74 Å². The van der Waals surface area contributed by atoms with Gasteiger partial charge in [-0.05, 0) is 24.3 Å². The van der Waals surface area contributed by atoms with Crippen LogP contribution in [0.15, 0.2) is 42.5 Å². The number of aromatic nitrogens is 2. The number of hydrogen-bond donors (Lipinski definition) is 0. The summed E-state index contributed by atoms with van der Waals surface area (Å²) in [6.07, 6.45) is 0.670. The second-order valence-corrected chi connectivity index (χ2v) is 5.39. The highest BCUT2D eigenvalue weighted by molar-refractivity contribution is 6.32. The number of methoxy groups -OCH3 is 1. The Labute approximate surface area is 133 Å². The Morgan fingerprint density at radius 3 is 2.71 bits per heavy atom. The normalized spacial score (nSPS) is 11.0. The van der Waals surface area contributed by atoms with Crippen molar-refractivity contribution in [1.29, 1.82) is 0 Å². The Morgan fingerprint density at radius 2 is 2.00 bits per heavy atom. The van der Waals surface area contributed by atoms with Crippen molar-refractivity contribution in [3.05, 3.63) is 53.3 Å². The summed E-state index contributed by atoms with van der Waals surface area (Å²) in [5, 5.41) is 0.684. The lowest BCUT2D eigenvalue weighted by Gasteiger charge is -2.10. The van der Waals surface area contributed by atoms with Gasteiger partial charge in [-0.1, -0.05) is 23.7 Å². The number of rotatable bonds is 4. The number of halogens is 2. The van der Waals surface area contributed by atoms with Crippen molar-refractivity contribution in [2.45, 2.75) is 6.42 Å². The second-order valence-electron chi connectivity index (χ2n) is 4.61. The van der Waals surface area contributed by atoms with Gasteiger partial charge >= 0.3 is 0 Å². The Bertz CT molecular complexity index is 783. The number of alkyl halides is 1. The molecule has 0 saturated carbocycles. The van der Waals surface area contributed by atoms with Gasteiger partial charge in [-0.15, -0.1) is 11.6 Å². The number of hydrogen-bond acceptors (Lipinski definition) is 2. The largest absolute Gasteiger partial charge is 0.497 e. The number of benzene rings is 2. The summed E-state index contributed by atoms with van der Waals surface area (Å²) in [5.41, 5.74) is 2.77. The van der Waals surface area contributed by atoms with Crippen molar-refractivity contribution in [3.8, 4) is 11.4 Å². The van der Waals surface area contributed by atoms with Crippen molar-refractivity contribution >= 4 is 34.2 Å². The van der Waals surface area contributed by atoms with E-state index < -0.39 is 0 Å². The zero-order chi connectivity index (χ0) is 14.8. The van der Waals surface area contributed by atoms with Crippen LogP contribution >= 0.6 is 23.2 Å². The predicted molar refractivity (Wildman–Crippen MR) is 87.1 cm³/mol. The fourth-order valence-electron chi connectivity index (χ4n) is 2.39. The number of ether oxygens (including phenoxy) is 1. The molecule has 0 radical (unpaired) electrons. The van der Waals surface area contributed by atoms with Gasteiger partial charge < -0.3 is 4.74 Å². The molecule has 0 unspecified atom stereocenters. The van der Waals surface area contributed by atoms with Crippen LogP contribution in [0.3, 0.4) is 0 Å². The van der Waals surface area contributed by atoms with Gasteiger partial charge in [-0.25, -0.2) is 4.98 Å². The maximum Gasteiger partial charge on any atom is 0.121 e. The Kier molecular flexibility index (Phi) is 4.04. The fourth-order valence-corrected chi connectivity index (χ4v) is 2.78. The zero-order valence-electron chi connectivity index (χ0n) is 11.5. The lowest BCUT2D eigenvalue weighted by atomic mass is 10.2. The van der Waals surface area contributed by atoms with E-state index in [1.54, 1.807) is 7.11 Å². The minimum Gasteiger partial charge on any atom is -0.497 e. The highest BCUT2D eigenvalue weighted by Gasteiger charge is 2.14. The number of imidazole rings is 1. The highest BCUT2D eigenvalue weighted by atomic mass is 35.5. The van der Waals surface area contributed by atoms with E-state index in [9.17, 15) is 0 Å². The van der Waals surface area contributed by atoms with Crippen LogP contribution in [-0.2, 0) is 6.42 Å². The molecule has 3 aromatic rings. The van der Waals surface area contributed by atoms with Crippen LogP contribution in [0.4, 0.5) is 0 Å². The maximum absolute atomic E-state index is 6.34. The maximum atomic E-state index is 6.34. The van der Waals surface area contributed by atoms with Crippen molar-refractivity contribution in [2.75, 3.05) is 13.0 Å². The van der Waals surface area contributed by atoms with E-state index in [2.05, 4.69) is 9.55 Å². The summed E-state index contributed by atoms with van der Waals surface area (Å²) in [6.45, 7) is 0. The second kappa shape index (κ2) is 5.96. The van der Waals surface area contributed by atoms with Crippen LogP contribution in [0.1, 0.15) is 5.82 Å². The first kappa shape index (κ1) is 14.2. The number of fused-ring (bicyclic) bond motifs is 1. The molecule has 0 amide bonds. The third-order valence-corrected chi connectivity index (χ3v) is 3.85.